The van der Waals surface area contributed by atoms with E-state index in [1.807, 2.05) is 6.07 Å². The summed E-state index contributed by atoms with van der Waals surface area (Å²) in [5.41, 5.74) is 7.08. The van der Waals surface area contributed by atoms with Crippen LogP contribution in [-0.4, -0.2) is 0 Å². The van der Waals surface area contributed by atoms with Gasteiger partial charge in [-0.1, -0.05) is 11.6 Å². The van der Waals surface area contributed by atoms with Crippen LogP contribution in [-0.2, 0) is 6.42 Å². The lowest BCUT2D eigenvalue weighted by Crippen LogP contribution is -2.03. The maximum absolute atomic E-state index is 5.81. The second-order valence-corrected chi connectivity index (χ2v) is 4.34. The molecule has 1 heterocycles. The molecule has 0 radical (unpaired) electrons. The first-order chi connectivity index (χ1) is 4.77. The highest BCUT2D eigenvalue weighted by molar-refractivity contribution is 7.16. The first-order valence-electron chi connectivity index (χ1n) is 3.31. The third-order valence-corrected chi connectivity index (χ3v) is 3.23. The minimum absolute atomic E-state index is 0. The lowest BCUT2D eigenvalue weighted by atomic mass is 10.2. The molecule has 0 amide bonds. The number of rotatable bonds is 0. The average Bonchev–Trinajstić information content (AvgIpc) is 2.35. The zero-order chi connectivity index (χ0) is 7.14. The quantitative estimate of drug-likeness (QED) is 0.700. The topological polar surface area (TPSA) is 26.0 Å². The first-order valence-corrected chi connectivity index (χ1v) is 4.50. The molecule has 0 saturated heterocycles. The van der Waals surface area contributed by atoms with Crippen molar-refractivity contribution in [3.8, 4) is 0 Å². The summed E-state index contributed by atoms with van der Waals surface area (Å²) in [7, 11) is 0. The summed E-state index contributed by atoms with van der Waals surface area (Å²) in [5.74, 6) is 0. The van der Waals surface area contributed by atoms with E-state index in [4.69, 9.17) is 17.3 Å². The molecule has 1 unspecified atom stereocenters. The van der Waals surface area contributed by atoms with Crippen LogP contribution in [0.25, 0.3) is 0 Å². The number of thiophene rings is 1. The van der Waals surface area contributed by atoms with Crippen molar-refractivity contribution in [2.75, 3.05) is 0 Å². The molecule has 0 spiro atoms. The van der Waals surface area contributed by atoms with Gasteiger partial charge in [0, 0.05) is 10.9 Å². The van der Waals surface area contributed by atoms with Gasteiger partial charge in [0.2, 0.25) is 0 Å². The van der Waals surface area contributed by atoms with Crippen LogP contribution < -0.4 is 5.73 Å². The summed E-state index contributed by atoms with van der Waals surface area (Å²) in [6.45, 7) is 0. The molecule has 1 aliphatic rings. The Balaban J connectivity index is 0.000000605. The predicted octanol–water partition coefficient (Wildman–Crippen LogP) is 2.77. The number of fused-ring (bicyclic) bond motifs is 1. The number of aryl methyl sites for hydroxylation is 1. The molecule has 0 fully saturated rings. The first kappa shape index (κ1) is 9.33. The van der Waals surface area contributed by atoms with E-state index in [0.29, 0.717) is 0 Å². The number of nitrogens with two attached hydrogens (primary N) is 1. The highest BCUT2D eigenvalue weighted by atomic mass is 35.5. The van der Waals surface area contributed by atoms with Gasteiger partial charge in [-0.2, -0.15) is 0 Å². The Bertz CT molecular complexity index is 259. The van der Waals surface area contributed by atoms with Crippen LogP contribution in [0, 0.1) is 0 Å². The van der Waals surface area contributed by atoms with E-state index >= 15 is 0 Å². The van der Waals surface area contributed by atoms with Gasteiger partial charge in [-0.3, -0.25) is 0 Å². The van der Waals surface area contributed by atoms with Crippen LogP contribution in [0.2, 0.25) is 4.34 Å². The van der Waals surface area contributed by atoms with Gasteiger partial charge in [-0.05, 0) is 24.5 Å². The molecule has 0 bridgehead atoms. The maximum Gasteiger partial charge on any atom is 0.0934 e. The maximum atomic E-state index is 5.81. The van der Waals surface area contributed by atoms with E-state index in [0.717, 1.165) is 17.2 Å². The highest BCUT2D eigenvalue weighted by Crippen LogP contribution is 2.37. The highest BCUT2D eigenvalue weighted by Gasteiger charge is 2.21. The Kier molecular flexibility index (Phi) is 2.81. The number of hydrogen-bond acceptors (Lipinski definition) is 2. The molecule has 0 aromatic carbocycles. The van der Waals surface area contributed by atoms with Gasteiger partial charge in [-0.15, -0.1) is 23.7 Å². The van der Waals surface area contributed by atoms with Crippen LogP contribution >= 0.6 is 35.3 Å². The molecule has 2 N–H and O–H groups in total. The van der Waals surface area contributed by atoms with Crippen LogP contribution in [0.15, 0.2) is 6.07 Å². The molecule has 1 nitrogen and oxygen atoms in total. The molecular formula is C7H9Cl2NS. The molecule has 1 atom stereocenters. The van der Waals surface area contributed by atoms with Gasteiger partial charge in [-0.25, -0.2) is 0 Å². The lowest BCUT2D eigenvalue weighted by molar-refractivity contribution is 0.713. The van der Waals surface area contributed by atoms with E-state index in [1.165, 1.54) is 10.4 Å². The zero-order valence-corrected chi connectivity index (χ0v) is 8.23. The molecular weight excluding hydrogens is 201 g/mol. The molecule has 2 rings (SSSR count). The molecule has 62 valence electrons. The summed E-state index contributed by atoms with van der Waals surface area (Å²) < 4.78 is 0.875. The summed E-state index contributed by atoms with van der Waals surface area (Å²) in [5, 5.41) is 0. The van der Waals surface area contributed by atoms with Crippen LogP contribution in [0.1, 0.15) is 22.9 Å². The Labute approximate surface area is 81.0 Å². The van der Waals surface area contributed by atoms with Crippen molar-refractivity contribution in [3.05, 3.63) is 20.8 Å². The van der Waals surface area contributed by atoms with Gasteiger partial charge in [0.25, 0.3) is 0 Å². The monoisotopic (exact) mass is 209 g/mol. The third-order valence-electron chi connectivity index (χ3n) is 1.89. The van der Waals surface area contributed by atoms with Gasteiger partial charge < -0.3 is 5.73 Å². The van der Waals surface area contributed by atoms with E-state index in [9.17, 15) is 0 Å². The Morgan fingerprint density at radius 1 is 1.64 bits per heavy atom. The SMILES string of the molecule is Cl.NC1CCc2sc(Cl)cc21. The largest absolute Gasteiger partial charge is 0.324 e. The molecule has 0 saturated carbocycles. The van der Waals surface area contributed by atoms with Crippen LogP contribution in [0.5, 0.6) is 0 Å². The van der Waals surface area contributed by atoms with E-state index < -0.39 is 0 Å². The van der Waals surface area contributed by atoms with Crippen molar-refractivity contribution < 1.29 is 0 Å². The number of hydrogen-bond donors (Lipinski definition) is 1. The van der Waals surface area contributed by atoms with Crippen molar-refractivity contribution >= 4 is 35.3 Å². The molecule has 1 aromatic heterocycles. The molecule has 1 aromatic rings. The van der Waals surface area contributed by atoms with Crippen molar-refractivity contribution in [1.29, 1.82) is 0 Å². The van der Waals surface area contributed by atoms with Crippen molar-refractivity contribution in [1.82, 2.24) is 0 Å². The minimum atomic E-state index is 0. The number of halogens is 2. The van der Waals surface area contributed by atoms with Crippen LogP contribution in [0.4, 0.5) is 0 Å². The molecule has 0 aliphatic heterocycles. The molecule has 1 aliphatic carbocycles. The molecule has 4 heteroatoms. The fraction of sp³-hybridized carbons (Fsp3) is 0.429. The second kappa shape index (κ2) is 3.31. The Morgan fingerprint density at radius 3 is 3.00 bits per heavy atom. The minimum Gasteiger partial charge on any atom is -0.324 e. The predicted molar refractivity (Wildman–Crippen MR) is 51.8 cm³/mol. The van der Waals surface area contributed by atoms with Gasteiger partial charge in [0.15, 0.2) is 0 Å². The van der Waals surface area contributed by atoms with Crippen molar-refractivity contribution in [2.45, 2.75) is 18.9 Å². The smallest absolute Gasteiger partial charge is 0.0934 e. The van der Waals surface area contributed by atoms with Crippen molar-refractivity contribution in [2.24, 2.45) is 5.73 Å². The normalized spacial score (nSPS) is 21.1. The zero-order valence-electron chi connectivity index (χ0n) is 5.84. The summed E-state index contributed by atoms with van der Waals surface area (Å²) >= 11 is 7.47. The van der Waals surface area contributed by atoms with Crippen molar-refractivity contribution in [3.63, 3.8) is 0 Å². The molecule has 11 heavy (non-hydrogen) atoms. The Hall–Kier alpha value is 0.240. The summed E-state index contributed by atoms with van der Waals surface area (Å²) in [6.07, 6.45) is 2.21. The fourth-order valence-corrected chi connectivity index (χ4v) is 2.73. The van der Waals surface area contributed by atoms with Gasteiger partial charge in [0.1, 0.15) is 0 Å². The van der Waals surface area contributed by atoms with Gasteiger partial charge in [0.05, 0.1) is 4.34 Å². The standard InChI is InChI=1S/C7H8ClNS.ClH/c8-7-3-4-5(9)1-2-6(4)10-7;/h3,5H,1-2,9H2;1H. The third kappa shape index (κ3) is 1.54. The Morgan fingerprint density at radius 2 is 2.36 bits per heavy atom. The lowest BCUT2D eigenvalue weighted by Gasteiger charge is -1.97. The van der Waals surface area contributed by atoms with Crippen LogP contribution in [0.3, 0.4) is 0 Å². The summed E-state index contributed by atoms with van der Waals surface area (Å²) in [4.78, 5) is 1.39. The van der Waals surface area contributed by atoms with E-state index in [2.05, 4.69) is 0 Å². The fourth-order valence-electron chi connectivity index (χ4n) is 1.36. The average molecular weight is 210 g/mol. The van der Waals surface area contributed by atoms with E-state index in [1.54, 1.807) is 11.3 Å². The second-order valence-electron chi connectivity index (χ2n) is 2.57. The van der Waals surface area contributed by atoms with Gasteiger partial charge >= 0.3 is 0 Å². The summed E-state index contributed by atoms with van der Waals surface area (Å²) in [6, 6.07) is 2.25. The van der Waals surface area contributed by atoms with E-state index in [-0.39, 0.29) is 18.4 Å².